The van der Waals surface area contributed by atoms with Crippen LogP contribution in [0.25, 0.3) is 0 Å². The van der Waals surface area contributed by atoms with Gasteiger partial charge in [0, 0.05) is 43.3 Å². The van der Waals surface area contributed by atoms with E-state index in [0.29, 0.717) is 6.54 Å². The molecule has 1 amide bonds. The van der Waals surface area contributed by atoms with Crippen LogP contribution in [0.2, 0.25) is 0 Å². The number of carbonyl (C=O) groups excluding carboxylic acids is 1. The summed E-state index contributed by atoms with van der Waals surface area (Å²) in [7, 11) is 0. The second kappa shape index (κ2) is 10.8. The van der Waals surface area contributed by atoms with Crippen LogP contribution in [0.5, 0.6) is 0 Å². The summed E-state index contributed by atoms with van der Waals surface area (Å²) in [4.78, 5) is 19.4. The quantitative estimate of drug-likeness (QED) is 0.449. The Balaban J connectivity index is 1.55. The first kappa shape index (κ1) is 22.6. The lowest BCUT2D eigenvalue weighted by Crippen LogP contribution is -2.56. The fourth-order valence-corrected chi connectivity index (χ4v) is 3.75. The van der Waals surface area contributed by atoms with Crippen LogP contribution in [0.4, 0.5) is 5.69 Å². The van der Waals surface area contributed by atoms with Crippen molar-refractivity contribution in [3.8, 4) is 0 Å². The molecule has 1 aliphatic carbocycles. The maximum Gasteiger partial charge on any atom is 0.227 e. The smallest absolute Gasteiger partial charge is 0.227 e. The number of hydrogen-bond donors (Lipinski definition) is 3. The molecule has 1 aromatic rings. The standard InChI is InChI=1S/C23H37N5O2/c1-4-24-22(26-17-23(2,3)28-11-13-30-14-12-28)25-16-18-7-5-10-20(15-18)27-21(29)19-8-6-9-19/h5,7,10,15,19H,4,6,8-9,11-14,16-17H2,1-3H3,(H,27,29)(H2,24,25,26). The van der Waals surface area contributed by atoms with E-state index in [9.17, 15) is 4.79 Å². The summed E-state index contributed by atoms with van der Waals surface area (Å²) in [5.41, 5.74) is 1.95. The van der Waals surface area contributed by atoms with E-state index >= 15 is 0 Å². The third-order valence-corrected chi connectivity index (χ3v) is 5.99. The molecule has 0 spiro atoms. The lowest BCUT2D eigenvalue weighted by atomic mass is 9.85. The van der Waals surface area contributed by atoms with Gasteiger partial charge in [0.05, 0.1) is 19.8 Å². The Morgan fingerprint density at radius 2 is 2.00 bits per heavy atom. The lowest BCUT2D eigenvalue weighted by molar-refractivity contribution is -0.122. The number of amides is 1. The van der Waals surface area contributed by atoms with Crippen LogP contribution < -0.4 is 16.0 Å². The highest BCUT2D eigenvalue weighted by Crippen LogP contribution is 2.27. The first-order chi connectivity index (χ1) is 14.5. The van der Waals surface area contributed by atoms with Crippen molar-refractivity contribution in [1.29, 1.82) is 0 Å². The molecule has 0 radical (unpaired) electrons. The van der Waals surface area contributed by atoms with Crippen LogP contribution in [-0.2, 0) is 16.1 Å². The number of anilines is 1. The monoisotopic (exact) mass is 415 g/mol. The zero-order valence-electron chi connectivity index (χ0n) is 18.7. The van der Waals surface area contributed by atoms with Crippen LogP contribution in [0.1, 0.15) is 45.6 Å². The van der Waals surface area contributed by atoms with Gasteiger partial charge in [0.1, 0.15) is 0 Å². The Bertz CT molecular complexity index is 724. The van der Waals surface area contributed by atoms with Crippen molar-refractivity contribution in [2.75, 3.05) is 44.7 Å². The molecular formula is C23H37N5O2. The molecule has 0 unspecified atom stereocenters. The van der Waals surface area contributed by atoms with Crippen molar-refractivity contribution in [3.63, 3.8) is 0 Å². The third-order valence-electron chi connectivity index (χ3n) is 5.99. The maximum absolute atomic E-state index is 12.2. The molecule has 7 nitrogen and oxygen atoms in total. The molecule has 166 valence electrons. The fraction of sp³-hybridized carbons (Fsp3) is 0.652. The SMILES string of the molecule is CCNC(=NCc1cccc(NC(=O)C2CCC2)c1)NCC(C)(C)N1CCOCC1. The number of guanidine groups is 1. The predicted molar refractivity (Wildman–Crippen MR) is 122 cm³/mol. The summed E-state index contributed by atoms with van der Waals surface area (Å²) in [6, 6.07) is 7.98. The minimum Gasteiger partial charge on any atom is -0.379 e. The van der Waals surface area contributed by atoms with Gasteiger partial charge in [-0.05, 0) is 51.3 Å². The Hall–Kier alpha value is -2.12. The highest BCUT2D eigenvalue weighted by Gasteiger charge is 2.28. The van der Waals surface area contributed by atoms with Gasteiger partial charge in [-0.25, -0.2) is 4.99 Å². The number of rotatable bonds is 8. The number of nitrogens with one attached hydrogen (secondary N) is 3. The van der Waals surface area contributed by atoms with E-state index in [4.69, 9.17) is 9.73 Å². The van der Waals surface area contributed by atoms with Crippen molar-refractivity contribution >= 4 is 17.6 Å². The first-order valence-electron chi connectivity index (χ1n) is 11.2. The Kier molecular flexibility index (Phi) is 8.10. The number of benzene rings is 1. The molecule has 0 atom stereocenters. The Morgan fingerprint density at radius 1 is 1.23 bits per heavy atom. The Labute approximate surface area is 180 Å². The number of hydrogen-bond acceptors (Lipinski definition) is 4. The third kappa shape index (κ3) is 6.44. The van der Waals surface area contributed by atoms with Crippen molar-refractivity contribution in [2.24, 2.45) is 10.9 Å². The summed E-state index contributed by atoms with van der Waals surface area (Å²) in [5, 5.41) is 9.87. The minimum atomic E-state index is 0.0195. The molecule has 3 N–H and O–H groups in total. The van der Waals surface area contributed by atoms with E-state index in [1.54, 1.807) is 0 Å². The number of morpholine rings is 1. The summed E-state index contributed by atoms with van der Waals surface area (Å²) in [5.74, 6) is 1.14. The van der Waals surface area contributed by atoms with Gasteiger partial charge in [0.15, 0.2) is 5.96 Å². The molecule has 30 heavy (non-hydrogen) atoms. The van der Waals surface area contributed by atoms with E-state index < -0.39 is 0 Å². The average molecular weight is 416 g/mol. The highest BCUT2D eigenvalue weighted by molar-refractivity contribution is 5.93. The first-order valence-corrected chi connectivity index (χ1v) is 11.2. The fourth-order valence-electron chi connectivity index (χ4n) is 3.75. The summed E-state index contributed by atoms with van der Waals surface area (Å²) in [6.07, 6.45) is 3.18. The van der Waals surface area contributed by atoms with Crippen molar-refractivity contribution in [3.05, 3.63) is 29.8 Å². The van der Waals surface area contributed by atoms with Gasteiger partial charge >= 0.3 is 0 Å². The van der Waals surface area contributed by atoms with Gasteiger partial charge < -0.3 is 20.7 Å². The average Bonchev–Trinajstić information content (AvgIpc) is 2.70. The molecule has 7 heteroatoms. The minimum absolute atomic E-state index is 0.0195. The summed E-state index contributed by atoms with van der Waals surface area (Å²) < 4.78 is 5.48. The topological polar surface area (TPSA) is 78.0 Å². The van der Waals surface area contributed by atoms with Crippen LogP contribution in [0.3, 0.4) is 0 Å². The van der Waals surface area contributed by atoms with Gasteiger partial charge in [0.25, 0.3) is 0 Å². The second-order valence-electron chi connectivity index (χ2n) is 8.78. The van der Waals surface area contributed by atoms with E-state index in [2.05, 4.69) is 41.6 Å². The number of aliphatic imine (C=N–C) groups is 1. The number of carbonyl (C=O) groups is 1. The van der Waals surface area contributed by atoms with Crippen molar-refractivity contribution in [2.45, 2.75) is 52.1 Å². The molecule has 1 aliphatic heterocycles. The second-order valence-corrected chi connectivity index (χ2v) is 8.78. The van der Waals surface area contributed by atoms with Crippen LogP contribution in [0, 0.1) is 5.92 Å². The molecule has 2 fully saturated rings. The molecule has 0 aromatic heterocycles. The predicted octanol–water partition coefficient (Wildman–Crippen LogP) is 2.59. The lowest BCUT2D eigenvalue weighted by Gasteiger charge is -2.41. The summed E-state index contributed by atoms with van der Waals surface area (Å²) >= 11 is 0. The molecule has 2 aliphatic rings. The van der Waals surface area contributed by atoms with Crippen molar-refractivity contribution < 1.29 is 9.53 Å². The summed E-state index contributed by atoms with van der Waals surface area (Å²) in [6.45, 7) is 12.3. The van der Waals surface area contributed by atoms with E-state index in [1.165, 1.54) is 0 Å². The Morgan fingerprint density at radius 3 is 2.67 bits per heavy atom. The molecular weight excluding hydrogens is 378 g/mol. The largest absolute Gasteiger partial charge is 0.379 e. The van der Waals surface area contributed by atoms with Gasteiger partial charge in [-0.3, -0.25) is 9.69 Å². The normalized spacial score (nSPS) is 18.6. The molecule has 1 saturated carbocycles. The van der Waals surface area contributed by atoms with Crippen LogP contribution in [-0.4, -0.2) is 61.7 Å². The molecule has 1 aromatic carbocycles. The van der Waals surface area contributed by atoms with Gasteiger partial charge in [-0.15, -0.1) is 0 Å². The van der Waals surface area contributed by atoms with E-state index in [1.807, 2.05) is 24.3 Å². The zero-order chi connectivity index (χ0) is 21.4. The van der Waals surface area contributed by atoms with Crippen LogP contribution in [0.15, 0.2) is 29.3 Å². The van der Waals surface area contributed by atoms with E-state index in [0.717, 1.165) is 75.9 Å². The molecule has 3 rings (SSSR count). The highest BCUT2D eigenvalue weighted by atomic mass is 16.5. The molecule has 1 heterocycles. The number of ether oxygens (including phenoxy) is 1. The molecule has 1 saturated heterocycles. The van der Waals surface area contributed by atoms with Gasteiger partial charge in [-0.2, -0.15) is 0 Å². The molecule has 0 bridgehead atoms. The van der Waals surface area contributed by atoms with Gasteiger partial charge in [0.2, 0.25) is 5.91 Å². The van der Waals surface area contributed by atoms with E-state index in [-0.39, 0.29) is 17.4 Å². The van der Waals surface area contributed by atoms with Gasteiger partial charge in [-0.1, -0.05) is 18.6 Å². The maximum atomic E-state index is 12.2. The van der Waals surface area contributed by atoms with Crippen molar-refractivity contribution in [1.82, 2.24) is 15.5 Å². The zero-order valence-corrected chi connectivity index (χ0v) is 18.7. The number of nitrogens with zero attached hydrogens (tertiary/aromatic N) is 2. The van der Waals surface area contributed by atoms with Crippen LogP contribution >= 0.6 is 0 Å².